The number of hydrogen-bond donors (Lipinski definition) is 1. The van der Waals surface area contributed by atoms with Gasteiger partial charge in [-0.1, -0.05) is 13.8 Å². The number of anilines is 1. The zero-order valence-electron chi connectivity index (χ0n) is 11.4. The molecule has 0 aliphatic carbocycles. The van der Waals surface area contributed by atoms with Gasteiger partial charge in [-0.2, -0.15) is 0 Å². The maximum atomic E-state index is 11.6. The van der Waals surface area contributed by atoms with E-state index in [-0.39, 0.29) is 11.9 Å². The van der Waals surface area contributed by atoms with Gasteiger partial charge in [0, 0.05) is 5.69 Å². The number of benzene rings is 1. The summed E-state index contributed by atoms with van der Waals surface area (Å²) >= 11 is 0. The lowest BCUT2D eigenvalue weighted by atomic mass is 10.1. The molecule has 1 rings (SSSR count). The van der Waals surface area contributed by atoms with Gasteiger partial charge in [0.05, 0.1) is 12.5 Å². The summed E-state index contributed by atoms with van der Waals surface area (Å²) in [6.45, 7) is 5.80. The van der Waals surface area contributed by atoms with E-state index in [9.17, 15) is 9.59 Å². The molecule has 0 aliphatic heterocycles. The van der Waals surface area contributed by atoms with Crippen LogP contribution >= 0.6 is 0 Å². The Balaban J connectivity index is 2.56. The van der Waals surface area contributed by atoms with Crippen molar-refractivity contribution in [3.63, 3.8) is 0 Å². The van der Waals surface area contributed by atoms with Crippen LogP contribution in [0.5, 0.6) is 5.75 Å². The predicted octanol–water partition coefficient (Wildman–Crippen LogP) is 3.21. The van der Waals surface area contributed by atoms with Gasteiger partial charge in [0.25, 0.3) is 0 Å². The van der Waals surface area contributed by atoms with Crippen molar-refractivity contribution >= 4 is 17.7 Å². The normalized spacial score (nSPS) is 11.5. The number of rotatable bonds is 5. The Kier molecular flexibility index (Phi) is 5.85. The minimum atomic E-state index is -0.508. The molecule has 1 amide bonds. The van der Waals surface area contributed by atoms with E-state index in [2.05, 4.69) is 5.32 Å². The summed E-state index contributed by atoms with van der Waals surface area (Å²) in [5, 5.41) is 2.56. The van der Waals surface area contributed by atoms with E-state index in [1.54, 1.807) is 31.2 Å². The summed E-state index contributed by atoms with van der Waals surface area (Å²) < 4.78 is 9.94. The van der Waals surface area contributed by atoms with Crippen LogP contribution in [0.4, 0.5) is 10.5 Å². The summed E-state index contributed by atoms with van der Waals surface area (Å²) in [4.78, 5) is 22.8. The van der Waals surface area contributed by atoms with Gasteiger partial charge in [-0.25, -0.2) is 4.79 Å². The number of nitrogens with one attached hydrogen (secondary N) is 1. The average molecular weight is 265 g/mol. The minimum absolute atomic E-state index is 0.127. The molecule has 0 spiro atoms. The summed E-state index contributed by atoms with van der Waals surface area (Å²) in [5.74, 6) is 0.0747. The molecule has 19 heavy (non-hydrogen) atoms. The van der Waals surface area contributed by atoms with Gasteiger partial charge in [-0.05, 0) is 37.6 Å². The Hall–Kier alpha value is -2.04. The molecular weight excluding hydrogens is 246 g/mol. The Labute approximate surface area is 112 Å². The monoisotopic (exact) mass is 265 g/mol. The van der Waals surface area contributed by atoms with Crippen molar-refractivity contribution in [2.45, 2.75) is 27.2 Å². The van der Waals surface area contributed by atoms with Crippen molar-refractivity contribution in [3.05, 3.63) is 24.3 Å². The number of carbonyl (C=O) groups excluding carboxylic acids is 2. The lowest BCUT2D eigenvalue weighted by molar-refractivity contribution is -0.138. The highest BCUT2D eigenvalue weighted by Gasteiger charge is 2.12. The minimum Gasteiger partial charge on any atom is -0.450 e. The third kappa shape index (κ3) is 4.99. The summed E-state index contributed by atoms with van der Waals surface area (Å²) in [7, 11) is 0. The predicted molar refractivity (Wildman–Crippen MR) is 72.2 cm³/mol. The fourth-order valence-corrected chi connectivity index (χ4v) is 1.27. The summed E-state index contributed by atoms with van der Waals surface area (Å²) in [5.41, 5.74) is 0.585. The fraction of sp³-hybridized carbons (Fsp3) is 0.429. The van der Waals surface area contributed by atoms with Crippen LogP contribution < -0.4 is 10.1 Å². The zero-order valence-corrected chi connectivity index (χ0v) is 11.4. The second kappa shape index (κ2) is 7.41. The molecule has 1 atom stereocenters. The molecule has 5 nitrogen and oxygen atoms in total. The molecule has 0 saturated carbocycles. The van der Waals surface area contributed by atoms with E-state index >= 15 is 0 Å². The molecule has 104 valence electrons. The molecule has 0 fully saturated rings. The smallest absolute Gasteiger partial charge is 0.411 e. The maximum Gasteiger partial charge on any atom is 0.411 e. The molecule has 1 aromatic rings. The molecule has 0 saturated heterocycles. The third-order valence-corrected chi connectivity index (χ3v) is 2.61. The highest BCUT2D eigenvalue weighted by Crippen LogP contribution is 2.17. The molecule has 0 bridgehead atoms. The Bertz CT molecular complexity index is 428. The van der Waals surface area contributed by atoms with Crippen LogP contribution in [0, 0.1) is 5.92 Å². The van der Waals surface area contributed by atoms with Gasteiger partial charge >= 0.3 is 12.1 Å². The van der Waals surface area contributed by atoms with Gasteiger partial charge in [0.15, 0.2) is 0 Å². The Morgan fingerprint density at radius 1 is 1.21 bits per heavy atom. The van der Waals surface area contributed by atoms with Crippen LogP contribution in [0.1, 0.15) is 27.2 Å². The largest absolute Gasteiger partial charge is 0.450 e. The standard InChI is InChI=1S/C14H19NO4/c1-4-10(3)13(16)19-12-8-6-11(7-9-12)15-14(17)18-5-2/h6-10H,4-5H2,1-3H3,(H,15,17). The number of hydrogen-bond acceptors (Lipinski definition) is 4. The van der Waals surface area contributed by atoms with Crippen LogP contribution in [0.2, 0.25) is 0 Å². The SMILES string of the molecule is CCOC(=O)Nc1ccc(OC(=O)C(C)CC)cc1. The Morgan fingerprint density at radius 2 is 1.84 bits per heavy atom. The van der Waals surface area contributed by atoms with E-state index in [0.29, 0.717) is 18.0 Å². The van der Waals surface area contributed by atoms with Gasteiger partial charge in [-0.3, -0.25) is 10.1 Å². The Morgan fingerprint density at radius 3 is 2.37 bits per heavy atom. The first-order chi connectivity index (χ1) is 9.06. The van der Waals surface area contributed by atoms with Gasteiger partial charge < -0.3 is 9.47 Å². The maximum absolute atomic E-state index is 11.6. The molecular formula is C14H19NO4. The van der Waals surface area contributed by atoms with E-state index in [1.165, 1.54) is 0 Å². The molecule has 0 heterocycles. The van der Waals surface area contributed by atoms with Crippen molar-refractivity contribution < 1.29 is 19.1 Å². The van der Waals surface area contributed by atoms with Crippen LogP contribution in [-0.4, -0.2) is 18.7 Å². The van der Waals surface area contributed by atoms with Gasteiger partial charge in [-0.15, -0.1) is 0 Å². The summed E-state index contributed by atoms with van der Waals surface area (Å²) in [6, 6.07) is 6.55. The van der Waals surface area contributed by atoms with Crippen LogP contribution in [0.15, 0.2) is 24.3 Å². The van der Waals surface area contributed by atoms with Crippen molar-refractivity contribution in [2.75, 3.05) is 11.9 Å². The molecule has 5 heteroatoms. The van der Waals surface area contributed by atoms with E-state index < -0.39 is 6.09 Å². The highest BCUT2D eigenvalue weighted by molar-refractivity contribution is 5.84. The number of amides is 1. The highest BCUT2D eigenvalue weighted by atomic mass is 16.5. The van der Waals surface area contributed by atoms with Crippen molar-refractivity contribution in [3.8, 4) is 5.75 Å². The topological polar surface area (TPSA) is 64.6 Å². The number of ether oxygens (including phenoxy) is 2. The second-order valence-electron chi connectivity index (χ2n) is 4.10. The van der Waals surface area contributed by atoms with Crippen molar-refractivity contribution in [1.29, 1.82) is 0 Å². The quantitative estimate of drug-likeness (QED) is 0.656. The third-order valence-electron chi connectivity index (χ3n) is 2.61. The van der Waals surface area contributed by atoms with Crippen molar-refractivity contribution in [2.24, 2.45) is 5.92 Å². The van der Waals surface area contributed by atoms with Gasteiger partial charge in [0.2, 0.25) is 0 Å². The number of carbonyl (C=O) groups is 2. The molecule has 0 aromatic heterocycles. The fourth-order valence-electron chi connectivity index (χ4n) is 1.27. The zero-order chi connectivity index (χ0) is 14.3. The molecule has 1 N–H and O–H groups in total. The lowest BCUT2D eigenvalue weighted by Crippen LogP contribution is -2.17. The first-order valence-electron chi connectivity index (χ1n) is 6.32. The first-order valence-corrected chi connectivity index (χ1v) is 6.32. The van der Waals surface area contributed by atoms with E-state index in [1.807, 2.05) is 13.8 Å². The lowest BCUT2D eigenvalue weighted by Gasteiger charge is -2.09. The molecule has 1 aromatic carbocycles. The van der Waals surface area contributed by atoms with Crippen LogP contribution in [0.25, 0.3) is 0 Å². The molecule has 0 radical (unpaired) electrons. The first kappa shape index (κ1) is 15.0. The van der Waals surface area contributed by atoms with E-state index in [0.717, 1.165) is 6.42 Å². The average Bonchev–Trinajstić information content (AvgIpc) is 2.40. The second-order valence-corrected chi connectivity index (χ2v) is 4.10. The van der Waals surface area contributed by atoms with Crippen molar-refractivity contribution in [1.82, 2.24) is 0 Å². The van der Waals surface area contributed by atoms with Crippen LogP contribution in [-0.2, 0) is 9.53 Å². The number of esters is 1. The summed E-state index contributed by atoms with van der Waals surface area (Å²) in [6.07, 6.45) is 0.230. The molecule has 0 aliphatic rings. The molecule has 1 unspecified atom stereocenters. The van der Waals surface area contributed by atoms with Crippen LogP contribution in [0.3, 0.4) is 0 Å². The van der Waals surface area contributed by atoms with Gasteiger partial charge in [0.1, 0.15) is 5.75 Å². The van der Waals surface area contributed by atoms with E-state index in [4.69, 9.17) is 9.47 Å².